The molecule has 0 aliphatic carbocycles. The molecule has 0 aliphatic heterocycles. The molecule has 0 saturated carbocycles. The number of fused-ring (bicyclic) bond motifs is 1. The highest BCUT2D eigenvalue weighted by atomic mass is 16.1. The van der Waals surface area contributed by atoms with Crippen molar-refractivity contribution in [3.05, 3.63) is 34.5 Å². The molecule has 0 radical (unpaired) electrons. The van der Waals surface area contributed by atoms with Crippen LogP contribution in [0.15, 0.2) is 23.4 Å². The van der Waals surface area contributed by atoms with Gasteiger partial charge in [-0.15, -0.1) is 0 Å². The van der Waals surface area contributed by atoms with Gasteiger partial charge in [-0.1, -0.05) is 0 Å². The third kappa shape index (κ3) is 1.03. The molecule has 0 amide bonds. The third-order valence-corrected chi connectivity index (χ3v) is 1.48. The molecule has 13 heavy (non-hydrogen) atoms. The Kier molecular flexibility index (Phi) is 1.49. The Hall–Kier alpha value is -2.29. The van der Waals surface area contributed by atoms with E-state index in [0.29, 0.717) is 0 Å². The molecule has 0 saturated heterocycles. The first-order valence-electron chi connectivity index (χ1n) is 3.42. The summed E-state index contributed by atoms with van der Waals surface area (Å²) in [5.41, 5.74) is -0.543. The molecule has 2 rings (SSSR count). The van der Waals surface area contributed by atoms with E-state index in [9.17, 15) is 4.79 Å². The van der Waals surface area contributed by atoms with Gasteiger partial charge in [0, 0.05) is 0 Å². The van der Waals surface area contributed by atoms with Gasteiger partial charge in [-0.3, -0.25) is 4.79 Å². The van der Waals surface area contributed by atoms with Crippen molar-refractivity contribution in [2.24, 2.45) is 0 Å². The Bertz CT molecular complexity index is 553. The van der Waals surface area contributed by atoms with Gasteiger partial charge in [0.25, 0.3) is 11.3 Å². The van der Waals surface area contributed by atoms with Crippen LogP contribution >= 0.6 is 0 Å². The zero-order valence-electron chi connectivity index (χ0n) is 6.38. The Morgan fingerprint density at radius 1 is 1.38 bits per heavy atom. The van der Waals surface area contributed by atoms with E-state index in [1.165, 1.54) is 18.6 Å². The van der Waals surface area contributed by atoms with Crippen LogP contribution in [-0.4, -0.2) is 19.6 Å². The third-order valence-electron chi connectivity index (χ3n) is 1.48. The molecular formula is C7H3N5O. The minimum atomic E-state index is -0.499. The summed E-state index contributed by atoms with van der Waals surface area (Å²) in [7, 11) is 0. The smallest absolute Gasteiger partial charge is 0.266 e. The molecule has 2 aromatic heterocycles. The van der Waals surface area contributed by atoms with Crippen LogP contribution in [0.25, 0.3) is 5.78 Å². The number of hydrogen-bond donors (Lipinski definition) is 0. The first-order valence-corrected chi connectivity index (χ1v) is 3.42. The highest BCUT2D eigenvalue weighted by molar-refractivity contribution is 5.30. The van der Waals surface area contributed by atoms with Gasteiger partial charge in [-0.05, 0) is 0 Å². The van der Waals surface area contributed by atoms with Crippen LogP contribution < -0.4 is 5.56 Å². The van der Waals surface area contributed by atoms with E-state index in [1.54, 1.807) is 6.07 Å². The van der Waals surface area contributed by atoms with Gasteiger partial charge in [0.15, 0.2) is 0 Å². The van der Waals surface area contributed by atoms with E-state index in [4.69, 9.17) is 5.26 Å². The van der Waals surface area contributed by atoms with E-state index in [0.717, 1.165) is 4.52 Å². The van der Waals surface area contributed by atoms with Gasteiger partial charge in [0.2, 0.25) is 0 Å². The van der Waals surface area contributed by atoms with Crippen LogP contribution in [-0.2, 0) is 0 Å². The fraction of sp³-hybridized carbons (Fsp3) is 0. The molecule has 0 unspecified atom stereocenters. The summed E-state index contributed by atoms with van der Waals surface area (Å²) in [6, 6.07) is 1.72. The number of aromatic nitrogens is 4. The quantitative estimate of drug-likeness (QED) is 0.528. The summed E-state index contributed by atoms with van der Waals surface area (Å²) in [6.45, 7) is 0. The van der Waals surface area contributed by atoms with Gasteiger partial charge < -0.3 is 0 Å². The van der Waals surface area contributed by atoms with Crippen molar-refractivity contribution in [3.8, 4) is 6.07 Å². The van der Waals surface area contributed by atoms with E-state index in [-0.39, 0.29) is 11.3 Å². The summed E-state index contributed by atoms with van der Waals surface area (Å²) in [4.78, 5) is 18.9. The largest absolute Gasteiger partial charge is 0.293 e. The normalized spacial score (nSPS) is 9.77. The fourth-order valence-corrected chi connectivity index (χ4v) is 0.902. The molecule has 2 heterocycles. The van der Waals surface area contributed by atoms with Crippen molar-refractivity contribution in [1.29, 1.82) is 5.26 Å². The predicted molar refractivity (Wildman–Crippen MR) is 41.8 cm³/mol. The van der Waals surface area contributed by atoms with E-state index in [2.05, 4.69) is 15.1 Å². The predicted octanol–water partition coefficient (Wildman–Crippen LogP) is -0.644. The second-order valence-corrected chi connectivity index (χ2v) is 2.24. The van der Waals surface area contributed by atoms with Gasteiger partial charge in [0.1, 0.15) is 11.6 Å². The minimum Gasteiger partial charge on any atom is -0.266 e. The van der Waals surface area contributed by atoms with Gasteiger partial charge in [-0.25, -0.2) is 9.97 Å². The Morgan fingerprint density at radius 3 is 3.00 bits per heavy atom. The molecule has 6 nitrogen and oxygen atoms in total. The second kappa shape index (κ2) is 2.64. The fourth-order valence-electron chi connectivity index (χ4n) is 0.902. The zero-order valence-corrected chi connectivity index (χ0v) is 6.38. The topological polar surface area (TPSA) is 83.9 Å². The van der Waals surface area contributed by atoms with Crippen molar-refractivity contribution in [3.63, 3.8) is 0 Å². The molecule has 62 valence electrons. The van der Waals surface area contributed by atoms with Crippen molar-refractivity contribution in [1.82, 2.24) is 19.6 Å². The van der Waals surface area contributed by atoms with Gasteiger partial charge in [0.05, 0.1) is 18.6 Å². The summed E-state index contributed by atoms with van der Waals surface area (Å²) in [5.74, 6) is 0.187. The molecule has 0 bridgehead atoms. The molecule has 0 spiro atoms. The second-order valence-electron chi connectivity index (χ2n) is 2.24. The monoisotopic (exact) mass is 173 g/mol. The number of hydrogen-bond acceptors (Lipinski definition) is 5. The van der Waals surface area contributed by atoms with Crippen molar-refractivity contribution < 1.29 is 0 Å². The lowest BCUT2D eigenvalue weighted by molar-refractivity contribution is 0.832. The van der Waals surface area contributed by atoms with E-state index < -0.39 is 5.56 Å². The van der Waals surface area contributed by atoms with E-state index in [1.807, 2.05) is 0 Å². The van der Waals surface area contributed by atoms with Crippen LogP contribution in [0, 0.1) is 11.3 Å². The van der Waals surface area contributed by atoms with Crippen LogP contribution in [0.4, 0.5) is 0 Å². The van der Waals surface area contributed by atoms with Gasteiger partial charge in [-0.2, -0.15) is 14.9 Å². The Labute approximate surface area is 72.1 Å². The molecule has 0 aromatic carbocycles. The SMILES string of the molecule is N#Cc1cnc2nccnn2c1=O. The average molecular weight is 173 g/mol. The maximum absolute atomic E-state index is 11.4. The maximum atomic E-state index is 11.4. The Morgan fingerprint density at radius 2 is 2.23 bits per heavy atom. The number of rotatable bonds is 0. The summed E-state index contributed by atoms with van der Waals surface area (Å²) in [5, 5.41) is 12.2. The number of nitriles is 1. The molecule has 2 aromatic rings. The highest BCUT2D eigenvalue weighted by Gasteiger charge is 2.03. The van der Waals surface area contributed by atoms with Crippen LogP contribution in [0.3, 0.4) is 0 Å². The summed E-state index contributed by atoms with van der Waals surface area (Å²) >= 11 is 0. The minimum absolute atomic E-state index is 0.0435. The average Bonchev–Trinajstić information content (AvgIpc) is 2.19. The van der Waals surface area contributed by atoms with Crippen LogP contribution in [0.1, 0.15) is 5.56 Å². The van der Waals surface area contributed by atoms with Crippen molar-refractivity contribution in [2.75, 3.05) is 0 Å². The molecule has 0 fully saturated rings. The van der Waals surface area contributed by atoms with Crippen LogP contribution in [0.5, 0.6) is 0 Å². The maximum Gasteiger partial charge on any atom is 0.293 e. The highest BCUT2D eigenvalue weighted by Crippen LogP contribution is 1.89. The molecule has 0 aliphatic rings. The lowest BCUT2D eigenvalue weighted by Crippen LogP contribution is -2.20. The van der Waals surface area contributed by atoms with Crippen LogP contribution in [0.2, 0.25) is 0 Å². The number of nitrogens with zero attached hydrogens (tertiary/aromatic N) is 5. The molecule has 0 atom stereocenters. The molecule has 6 heteroatoms. The molecular weight excluding hydrogens is 170 g/mol. The first-order chi connectivity index (χ1) is 6.33. The molecule has 0 N–H and O–H groups in total. The first kappa shape index (κ1) is 7.36. The lowest BCUT2D eigenvalue weighted by Gasteiger charge is -1.94. The standard InChI is InChI=1S/C7H3N5O/c8-3-5-4-10-7-9-1-2-11-12(7)6(5)13/h1-2,4H. The van der Waals surface area contributed by atoms with Crippen molar-refractivity contribution in [2.45, 2.75) is 0 Å². The zero-order chi connectivity index (χ0) is 9.26. The summed E-state index contributed by atoms with van der Waals surface area (Å²) < 4.78 is 0.985. The van der Waals surface area contributed by atoms with Gasteiger partial charge >= 0.3 is 0 Å². The van der Waals surface area contributed by atoms with E-state index >= 15 is 0 Å². The lowest BCUT2D eigenvalue weighted by atomic mass is 10.4. The summed E-state index contributed by atoms with van der Waals surface area (Å²) in [6.07, 6.45) is 3.97. The Balaban J connectivity index is 2.98. The van der Waals surface area contributed by atoms with Crippen molar-refractivity contribution >= 4 is 5.78 Å².